The molecule has 0 saturated heterocycles. The quantitative estimate of drug-likeness (QED) is 0.745. The van der Waals surface area contributed by atoms with Crippen molar-refractivity contribution in [3.8, 4) is 11.3 Å². The highest BCUT2D eigenvalue weighted by Gasteiger charge is 2.25. The van der Waals surface area contributed by atoms with Crippen LogP contribution in [0.2, 0.25) is 5.02 Å². The maximum atomic E-state index is 11.7. The maximum absolute atomic E-state index is 11.7. The Kier molecular flexibility index (Phi) is 4.34. The normalized spacial score (nSPS) is 11.6. The molecule has 0 radical (unpaired) electrons. The molecule has 2 aromatic heterocycles. The summed E-state index contributed by atoms with van der Waals surface area (Å²) in [5.74, 6) is 0.345. The number of fused-ring (bicyclic) bond motifs is 1. The van der Waals surface area contributed by atoms with Crippen LogP contribution in [-0.2, 0) is 10.3 Å². The highest BCUT2D eigenvalue weighted by Crippen LogP contribution is 2.34. The SMILES string of the molecule is COC(=O)Nc1ncnc2c1c(-c1ccc(Cl)cc1)nn2C(C)(C)C. The second-order valence-electron chi connectivity index (χ2n) is 6.48. The number of nitrogens with zero attached hydrogens (tertiary/aromatic N) is 4. The van der Waals surface area contributed by atoms with Gasteiger partial charge in [-0.2, -0.15) is 5.10 Å². The summed E-state index contributed by atoms with van der Waals surface area (Å²) in [6, 6.07) is 7.31. The molecule has 2 heterocycles. The standard InChI is InChI=1S/C17H18ClN5O2/c1-17(2,3)23-15-12(14(19-9-20-15)21-16(24)25-4)13(22-23)10-5-7-11(18)8-6-10/h5-9H,1-4H3,(H,19,20,21,24). The van der Waals surface area contributed by atoms with E-state index in [4.69, 9.17) is 16.7 Å². The third-order valence-electron chi connectivity index (χ3n) is 3.62. The van der Waals surface area contributed by atoms with Crippen molar-refractivity contribution in [2.24, 2.45) is 0 Å². The number of benzene rings is 1. The molecule has 0 atom stereocenters. The van der Waals surface area contributed by atoms with Crippen LogP contribution < -0.4 is 5.32 Å². The molecule has 1 N–H and O–H groups in total. The van der Waals surface area contributed by atoms with Crippen molar-refractivity contribution >= 4 is 34.5 Å². The van der Waals surface area contributed by atoms with E-state index in [1.807, 2.05) is 37.6 Å². The van der Waals surface area contributed by atoms with Crippen molar-refractivity contribution in [1.82, 2.24) is 19.7 Å². The van der Waals surface area contributed by atoms with E-state index < -0.39 is 6.09 Å². The van der Waals surface area contributed by atoms with Crippen LogP contribution in [0.4, 0.5) is 10.6 Å². The minimum atomic E-state index is -0.606. The average molecular weight is 360 g/mol. The van der Waals surface area contributed by atoms with Gasteiger partial charge in [-0.3, -0.25) is 5.32 Å². The van der Waals surface area contributed by atoms with Gasteiger partial charge in [-0.15, -0.1) is 0 Å². The number of hydrogen-bond donors (Lipinski definition) is 1. The van der Waals surface area contributed by atoms with Crippen molar-refractivity contribution < 1.29 is 9.53 Å². The molecule has 1 amide bonds. The Bertz CT molecular complexity index is 929. The van der Waals surface area contributed by atoms with E-state index in [2.05, 4.69) is 20.0 Å². The van der Waals surface area contributed by atoms with E-state index in [9.17, 15) is 4.79 Å². The van der Waals surface area contributed by atoms with Crippen LogP contribution >= 0.6 is 11.6 Å². The Balaban J connectivity index is 2.30. The van der Waals surface area contributed by atoms with E-state index in [1.165, 1.54) is 13.4 Å². The van der Waals surface area contributed by atoms with E-state index in [-0.39, 0.29) is 5.54 Å². The predicted octanol–water partition coefficient (Wildman–Crippen LogP) is 4.08. The highest BCUT2D eigenvalue weighted by molar-refractivity contribution is 6.30. The summed E-state index contributed by atoms with van der Waals surface area (Å²) in [5, 5.41) is 8.64. The summed E-state index contributed by atoms with van der Waals surface area (Å²) in [4.78, 5) is 20.3. The fraction of sp³-hybridized carbons (Fsp3) is 0.294. The Labute approximate surface area is 150 Å². The van der Waals surface area contributed by atoms with Gasteiger partial charge in [0.05, 0.1) is 18.0 Å². The smallest absolute Gasteiger partial charge is 0.412 e. The number of carbonyl (C=O) groups is 1. The molecule has 0 bridgehead atoms. The lowest BCUT2D eigenvalue weighted by molar-refractivity contribution is 0.187. The van der Waals surface area contributed by atoms with E-state index in [0.717, 1.165) is 5.56 Å². The number of anilines is 1. The molecule has 0 fully saturated rings. The summed E-state index contributed by atoms with van der Waals surface area (Å²) >= 11 is 5.99. The lowest BCUT2D eigenvalue weighted by Crippen LogP contribution is -2.23. The van der Waals surface area contributed by atoms with Crippen LogP contribution in [-0.4, -0.2) is 33.0 Å². The fourth-order valence-electron chi connectivity index (χ4n) is 2.47. The number of aromatic nitrogens is 4. The van der Waals surface area contributed by atoms with Crippen LogP contribution in [0, 0.1) is 0 Å². The molecule has 0 saturated carbocycles. The summed E-state index contributed by atoms with van der Waals surface area (Å²) in [6.07, 6.45) is 0.786. The number of halogens is 1. The van der Waals surface area contributed by atoms with Gasteiger partial charge < -0.3 is 4.74 Å². The Hall–Kier alpha value is -2.67. The molecule has 25 heavy (non-hydrogen) atoms. The van der Waals surface area contributed by atoms with Crippen molar-refractivity contribution in [3.63, 3.8) is 0 Å². The zero-order valence-electron chi connectivity index (χ0n) is 14.4. The molecular weight excluding hydrogens is 342 g/mol. The molecule has 3 rings (SSSR count). The molecule has 130 valence electrons. The lowest BCUT2D eigenvalue weighted by Gasteiger charge is -2.19. The largest absolute Gasteiger partial charge is 0.453 e. The second kappa shape index (κ2) is 6.33. The first-order valence-electron chi connectivity index (χ1n) is 7.66. The second-order valence-corrected chi connectivity index (χ2v) is 6.91. The van der Waals surface area contributed by atoms with Gasteiger partial charge in [-0.1, -0.05) is 23.7 Å². The van der Waals surface area contributed by atoms with Gasteiger partial charge in [0.15, 0.2) is 11.5 Å². The Morgan fingerprint density at radius 1 is 1.20 bits per heavy atom. The zero-order chi connectivity index (χ0) is 18.2. The van der Waals surface area contributed by atoms with Crippen molar-refractivity contribution in [3.05, 3.63) is 35.6 Å². The van der Waals surface area contributed by atoms with Gasteiger partial charge in [0.2, 0.25) is 0 Å². The molecule has 0 aliphatic heterocycles. The van der Waals surface area contributed by atoms with E-state index in [1.54, 1.807) is 12.1 Å². The summed E-state index contributed by atoms with van der Waals surface area (Å²) in [6.45, 7) is 6.09. The van der Waals surface area contributed by atoms with Crippen LogP contribution in [0.5, 0.6) is 0 Å². The Morgan fingerprint density at radius 2 is 1.88 bits per heavy atom. The van der Waals surface area contributed by atoms with Gasteiger partial charge in [-0.25, -0.2) is 19.4 Å². The zero-order valence-corrected chi connectivity index (χ0v) is 15.1. The van der Waals surface area contributed by atoms with Crippen LogP contribution in [0.3, 0.4) is 0 Å². The molecule has 0 aliphatic carbocycles. The van der Waals surface area contributed by atoms with Crippen LogP contribution in [0.1, 0.15) is 20.8 Å². The van der Waals surface area contributed by atoms with Crippen LogP contribution in [0.15, 0.2) is 30.6 Å². The lowest BCUT2D eigenvalue weighted by atomic mass is 10.1. The third-order valence-corrected chi connectivity index (χ3v) is 3.88. The van der Waals surface area contributed by atoms with Crippen molar-refractivity contribution in [1.29, 1.82) is 0 Å². The van der Waals surface area contributed by atoms with Gasteiger partial charge in [0.25, 0.3) is 0 Å². The van der Waals surface area contributed by atoms with Gasteiger partial charge in [0.1, 0.15) is 12.0 Å². The molecule has 0 unspecified atom stereocenters. The Morgan fingerprint density at radius 3 is 2.48 bits per heavy atom. The summed E-state index contributed by atoms with van der Waals surface area (Å²) in [5.41, 5.74) is 1.83. The van der Waals surface area contributed by atoms with Crippen molar-refractivity contribution in [2.75, 3.05) is 12.4 Å². The van der Waals surface area contributed by atoms with Gasteiger partial charge >= 0.3 is 6.09 Å². The molecule has 7 nitrogen and oxygen atoms in total. The van der Waals surface area contributed by atoms with Crippen LogP contribution in [0.25, 0.3) is 22.3 Å². The molecule has 8 heteroatoms. The van der Waals surface area contributed by atoms with Crippen molar-refractivity contribution in [2.45, 2.75) is 26.3 Å². The minimum absolute atomic E-state index is 0.306. The number of amides is 1. The predicted molar refractivity (Wildman–Crippen MR) is 96.8 cm³/mol. The summed E-state index contributed by atoms with van der Waals surface area (Å²) in [7, 11) is 1.30. The monoisotopic (exact) mass is 359 g/mol. The molecule has 3 aromatic rings. The summed E-state index contributed by atoms with van der Waals surface area (Å²) < 4.78 is 6.50. The first kappa shape index (κ1) is 17.2. The number of nitrogens with one attached hydrogen (secondary N) is 1. The van der Waals surface area contributed by atoms with Gasteiger partial charge in [-0.05, 0) is 32.9 Å². The topological polar surface area (TPSA) is 81.9 Å². The number of rotatable bonds is 2. The fourth-order valence-corrected chi connectivity index (χ4v) is 2.60. The molecule has 1 aromatic carbocycles. The number of ether oxygens (including phenoxy) is 1. The van der Waals surface area contributed by atoms with E-state index >= 15 is 0 Å². The number of hydrogen-bond acceptors (Lipinski definition) is 5. The molecule has 0 aliphatic rings. The number of methoxy groups -OCH3 is 1. The first-order valence-corrected chi connectivity index (χ1v) is 8.04. The average Bonchev–Trinajstić information content (AvgIpc) is 2.96. The molecular formula is C17H18ClN5O2. The van der Waals surface area contributed by atoms with Gasteiger partial charge in [0, 0.05) is 10.6 Å². The highest BCUT2D eigenvalue weighted by atomic mass is 35.5. The first-order chi connectivity index (χ1) is 11.8. The third kappa shape index (κ3) is 3.28. The molecule has 0 spiro atoms. The van der Waals surface area contributed by atoms with E-state index in [0.29, 0.717) is 27.6 Å². The number of carbonyl (C=O) groups excluding carboxylic acids is 1. The maximum Gasteiger partial charge on any atom is 0.412 e. The minimum Gasteiger partial charge on any atom is -0.453 e.